The van der Waals surface area contributed by atoms with Crippen LogP contribution in [0.25, 0.3) is 21.5 Å². The second kappa shape index (κ2) is 23.1. The third-order valence-electron chi connectivity index (χ3n) is 13.6. The molecular formula is C52H54N6O12. The third-order valence-corrected chi connectivity index (χ3v) is 13.6. The van der Waals surface area contributed by atoms with Crippen molar-refractivity contribution in [3.63, 3.8) is 0 Å². The lowest BCUT2D eigenvalue weighted by Gasteiger charge is -2.17. The molecule has 0 bridgehead atoms. The molecule has 18 nitrogen and oxygen atoms in total. The molecule has 6 aromatic rings. The molecular weight excluding hydrogens is 901 g/mol. The van der Waals surface area contributed by atoms with Crippen LogP contribution in [0.5, 0.6) is 0 Å². The normalized spacial score (nSPS) is 23.4. The van der Waals surface area contributed by atoms with Crippen molar-refractivity contribution in [2.45, 2.75) is 23.7 Å². The summed E-state index contributed by atoms with van der Waals surface area (Å²) in [5, 5.41) is 74.8. The van der Waals surface area contributed by atoms with Crippen LogP contribution in [0, 0.1) is 43.9 Å². The van der Waals surface area contributed by atoms with E-state index in [9.17, 15) is 49.6 Å². The summed E-state index contributed by atoms with van der Waals surface area (Å²) in [6.45, 7) is 4.59. The van der Waals surface area contributed by atoms with Crippen molar-refractivity contribution >= 4 is 56.8 Å². The Balaban J connectivity index is 0.000000138. The van der Waals surface area contributed by atoms with Gasteiger partial charge in [-0.1, -0.05) is 109 Å². The summed E-state index contributed by atoms with van der Waals surface area (Å²) in [7, 11) is 0. The van der Waals surface area contributed by atoms with Gasteiger partial charge >= 0.3 is 23.9 Å². The fraction of sp³-hybridized carbons (Fsp3) is 0.308. The largest absolute Gasteiger partial charge is 0.481 e. The molecule has 4 heterocycles. The van der Waals surface area contributed by atoms with Crippen molar-refractivity contribution in [1.29, 1.82) is 0 Å². The molecule has 0 aromatic heterocycles. The Morgan fingerprint density at radius 1 is 0.400 bits per heavy atom. The Kier molecular flexibility index (Phi) is 16.6. The predicted octanol–water partition coefficient (Wildman–Crippen LogP) is 6.42. The zero-order chi connectivity index (χ0) is 49.9. The van der Waals surface area contributed by atoms with Gasteiger partial charge in [0.15, 0.2) is 0 Å². The lowest BCUT2D eigenvalue weighted by Crippen LogP contribution is -2.21. The molecule has 0 radical (unpaired) electrons. The number of fused-ring (bicyclic) bond motifs is 2. The molecule has 4 aliphatic heterocycles. The second-order valence-corrected chi connectivity index (χ2v) is 17.7. The summed E-state index contributed by atoms with van der Waals surface area (Å²) in [5.41, 5.74) is 3.81. The highest BCUT2D eigenvalue weighted by Gasteiger charge is 2.37. The van der Waals surface area contributed by atoms with Gasteiger partial charge in [0.25, 0.3) is 11.4 Å². The maximum absolute atomic E-state index is 11.3. The van der Waals surface area contributed by atoms with Crippen LogP contribution in [0.2, 0.25) is 0 Å². The van der Waals surface area contributed by atoms with E-state index >= 15 is 0 Å². The first-order valence-electron chi connectivity index (χ1n) is 22.9. The van der Waals surface area contributed by atoms with Gasteiger partial charge in [0.2, 0.25) is 0 Å². The summed E-state index contributed by atoms with van der Waals surface area (Å²) < 4.78 is 0. The maximum Gasteiger partial charge on any atom is 0.308 e. The minimum atomic E-state index is -0.869. The zero-order valence-electron chi connectivity index (χ0n) is 37.9. The van der Waals surface area contributed by atoms with E-state index in [-0.39, 0.29) is 46.9 Å². The lowest BCUT2D eigenvalue weighted by molar-refractivity contribution is -0.385. The first-order valence-corrected chi connectivity index (χ1v) is 22.9. The molecule has 0 saturated carbocycles. The Bertz CT molecular complexity index is 2850. The molecule has 364 valence electrons. The van der Waals surface area contributed by atoms with Gasteiger partial charge in [0.05, 0.1) is 33.5 Å². The molecule has 10 rings (SSSR count). The number of rotatable bonds is 10. The Hall–Kier alpha value is -7.64. The van der Waals surface area contributed by atoms with Gasteiger partial charge in [-0.3, -0.25) is 39.4 Å². The molecule has 4 fully saturated rings. The highest BCUT2D eigenvalue weighted by Crippen LogP contribution is 2.35. The maximum atomic E-state index is 11.3. The number of nitro groups is 2. The van der Waals surface area contributed by atoms with Crippen molar-refractivity contribution in [2.75, 3.05) is 52.4 Å². The van der Waals surface area contributed by atoms with Crippen molar-refractivity contribution in [1.82, 2.24) is 21.3 Å². The Morgan fingerprint density at radius 3 is 1.34 bits per heavy atom. The van der Waals surface area contributed by atoms with Crippen LogP contribution in [0.1, 0.15) is 45.9 Å². The summed E-state index contributed by atoms with van der Waals surface area (Å²) in [6.07, 6.45) is 0. The number of carbonyl (C=O) groups is 4. The van der Waals surface area contributed by atoms with Crippen LogP contribution in [0.3, 0.4) is 0 Å². The average molecular weight is 955 g/mol. The van der Waals surface area contributed by atoms with E-state index in [1.54, 1.807) is 24.3 Å². The molecule has 70 heavy (non-hydrogen) atoms. The van der Waals surface area contributed by atoms with Crippen LogP contribution in [0.15, 0.2) is 133 Å². The van der Waals surface area contributed by atoms with E-state index in [0.29, 0.717) is 44.8 Å². The van der Waals surface area contributed by atoms with E-state index in [1.165, 1.54) is 45.8 Å². The number of carboxylic acid groups (broad SMARTS) is 4. The minimum absolute atomic E-state index is 0.00135. The average Bonchev–Trinajstić information content (AvgIpc) is 4.22. The minimum Gasteiger partial charge on any atom is -0.481 e. The van der Waals surface area contributed by atoms with Gasteiger partial charge in [-0.25, -0.2) is 0 Å². The number of nitrogens with zero attached hydrogens (tertiary/aromatic N) is 2. The van der Waals surface area contributed by atoms with Gasteiger partial charge in [0, 0.05) is 100 Å². The molecule has 0 amide bonds. The number of hydrogen-bond donors (Lipinski definition) is 8. The molecule has 6 aromatic carbocycles. The molecule has 0 spiro atoms. The molecule has 0 aliphatic carbocycles. The van der Waals surface area contributed by atoms with Crippen molar-refractivity contribution < 1.29 is 49.5 Å². The summed E-state index contributed by atoms with van der Waals surface area (Å²) in [5.74, 6) is -4.92. The standard InChI is InChI=1S/2C15H15NO2.2C11H12N2O4/c17-15(18)14-9-16-8-13(14)12-7-3-5-10-4-1-2-6-11(10)12;17-15(18)14-9-16-8-13(14)12-6-5-10-3-1-2-4-11(10)7-12;14-11(15)10-6-12-5-9(10)7-1-3-8(4-2-7)13(16)17;14-11(15)10-6-12-5-9(10)7-2-1-3-8(4-7)13(16)17/h2*1-7,13-14,16H,8-9H2,(H,17,18);2*1-4,9-10,12H,5-6H2,(H,14,15). The fourth-order valence-corrected chi connectivity index (χ4v) is 9.85. The number of hydrogen-bond acceptors (Lipinski definition) is 12. The summed E-state index contributed by atoms with van der Waals surface area (Å²) in [6, 6.07) is 40.9. The van der Waals surface area contributed by atoms with Crippen LogP contribution in [-0.4, -0.2) is 107 Å². The van der Waals surface area contributed by atoms with E-state index in [2.05, 4.69) is 75.9 Å². The highest BCUT2D eigenvalue weighted by atomic mass is 16.6. The van der Waals surface area contributed by atoms with Crippen molar-refractivity contribution in [3.05, 3.63) is 176 Å². The SMILES string of the molecule is O=C(O)C1CNCC1c1ccc([N+](=O)[O-])cc1.O=C(O)C1CNCC1c1ccc2ccccc2c1.O=C(O)C1CNCC1c1cccc([N+](=O)[O-])c1.O=C(O)C1CNCC1c1cccc2ccccc12. The Labute approximate surface area is 402 Å². The topological polar surface area (TPSA) is 284 Å². The molecule has 8 unspecified atom stereocenters. The summed E-state index contributed by atoms with van der Waals surface area (Å²) in [4.78, 5) is 64.8. The van der Waals surface area contributed by atoms with Crippen LogP contribution in [-0.2, 0) is 19.2 Å². The Morgan fingerprint density at radius 2 is 0.814 bits per heavy atom. The van der Waals surface area contributed by atoms with Gasteiger partial charge in [-0.15, -0.1) is 0 Å². The fourth-order valence-electron chi connectivity index (χ4n) is 9.85. The van der Waals surface area contributed by atoms with E-state index < -0.39 is 45.6 Å². The predicted molar refractivity (Wildman–Crippen MR) is 261 cm³/mol. The first kappa shape index (κ1) is 50.2. The van der Waals surface area contributed by atoms with Gasteiger partial charge < -0.3 is 41.7 Å². The van der Waals surface area contributed by atoms with Gasteiger partial charge in [0.1, 0.15) is 0 Å². The third kappa shape index (κ3) is 12.0. The number of benzene rings is 6. The molecule has 4 saturated heterocycles. The number of aliphatic carboxylic acids is 4. The van der Waals surface area contributed by atoms with E-state index in [1.807, 2.05) is 30.3 Å². The van der Waals surface area contributed by atoms with E-state index in [4.69, 9.17) is 10.2 Å². The van der Waals surface area contributed by atoms with Crippen LogP contribution in [0.4, 0.5) is 11.4 Å². The zero-order valence-corrected chi connectivity index (χ0v) is 37.9. The summed E-state index contributed by atoms with van der Waals surface area (Å²) >= 11 is 0. The lowest BCUT2D eigenvalue weighted by atomic mass is 9.86. The monoisotopic (exact) mass is 954 g/mol. The molecule has 8 atom stereocenters. The van der Waals surface area contributed by atoms with Crippen molar-refractivity contribution in [3.8, 4) is 0 Å². The molecule has 8 N–H and O–H groups in total. The number of carboxylic acids is 4. The first-order chi connectivity index (χ1) is 33.7. The smallest absolute Gasteiger partial charge is 0.308 e. The quantitative estimate of drug-likeness (QED) is 0.0543. The number of nitrogens with one attached hydrogen (secondary N) is 4. The number of nitro benzene ring substituents is 2. The van der Waals surface area contributed by atoms with Crippen molar-refractivity contribution in [2.24, 2.45) is 23.7 Å². The van der Waals surface area contributed by atoms with Crippen LogP contribution >= 0.6 is 0 Å². The second-order valence-electron chi connectivity index (χ2n) is 17.7. The van der Waals surface area contributed by atoms with Gasteiger partial charge in [-0.05, 0) is 43.8 Å². The highest BCUT2D eigenvalue weighted by molar-refractivity contribution is 5.87. The molecule has 18 heteroatoms. The van der Waals surface area contributed by atoms with Crippen LogP contribution < -0.4 is 21.3 Å². The van der Waals surface area contributed by atoms with E-state index in [0.717, 1.165) is 29.8 Å². The molecule has 4 aliphatic rings. The van der Waals surface area contributed by atoms with Gasteiger partial charge in [-0.2, -0.15) is 0 Å². The number of non-ortho nitro benzene ring substituents is 2.